The van der Waals surface area contributed by atoms with E-state index in [4.69, 9.17) is 0 Å². The molecule has 0 bridgehead atoms. The van der Waals surface area contributed by atoms with Crippen LogP contribution in [-0.4, -0.2) is 19.6 Å². The average Bonchev–Trinajstić information content (AvgIpc) is 2.46. The highest BCUT2D eigenvalue weighted by atomic mass is 15.1. The minimum Gasteiger partial charge on any atom is -0.385 e. The van der Waals surface area contributed by atoms with Crippen LogP contribution < -0.4 is 10.2 Å². The van der Waals surface area contributed by atoms with Crippen molar-refractivity contribution in [1.29, 1.82) is 0 Å². The largest absolute Gasteiger partial charge is 0.385 e. The first-order chi connectivity index (χ1) is 9.57. The number of nitrogens with zero attached hydrogens (tertiary/aromatic N) is 1. The van der Waals surface area contributed by atoms with Crippen LogP contribution in [0.25, 0.3) is 0 Å². The summed E-state index contributed by atoms with van der Waals surface area (Å²) in [6.07, 6.45) is 7.86. The Morgan fingerprint density at radius 2 is 1.95 bits per heavy atom. The second-order valence-electron chi connectivity index (χ2n) is 7.34. The first kappa shape index (κ1) is 13.8. The summed E-state index contributed by atoms with van der Waals surface area (Å²) in [6.45, 7) is 5.95. The molecule has 2 aliphatic rings. The summed E-state index contributed by atoms with van der Waals surface area (Å²) in [5, 5.41) is 3.55. The highest BCUT2D eigenvalue weighted by molar-refractivity contribution is 5.68. The number of benzene rings is 1. The molecule has 1 aromatic carbocycles. The lowest BCUT2D eigenvalue weighted by molar-refractivity contribution is 0.222. The first-order valence-corrected chi connectivity index (χ1v) is 8.15. The van der Waals surface area contributed by atoms with Gasteiger partial charge in [0.2, 0.25) is 0 Å². The van der Waals surface area contributed by atoms with E-state index in [1.165, 1.54) is 55.5 Å². The van der Waals surface area contributed by atoms with Crippen molar-refractivity contribution in [3.05, 3.63) is 23.8 Å². The molecule has 1 N–H and O–H groups in total. The monoisotopic (exact) mass is 272 g/mol. The van der Waals surface area contributed by atoms with E-state index in [1.54, 1.807) is 0 Å². The molecule has 0 spiro atoms. The van der Waals surface area contributed by atoms with Crippen LogP contribution in [0.2, 0.25) is 0 Å². The SMILES string of the molecule is CN(c1cccc2c1CCCN2)C1CCC(C)(C)CC1. The van der Waals surface area contributed by atoms with Crippen LogP contribution in [-0.2, 0) is 6.42 Å². The topological polar surface area (TPSA) is 15.3 Å². The Labute approximate surface area is 123 Å². The highest BCUT2D eigenvalue weighted by Crippen LogP contribution is 2.39. The Balaban J connectivity index is 1.79. The third kappa shape index (κ3) is 2.65. The molecule has 2 heteroatoms. The van der Waals surface area contributed by atoms with Gasteiger partial charge in [0, 0.05) is 31.0 Å². The van der Waals surface area contributed by atoms with Gasteiger partial charge in [-0.05, 0) is 61.6 Å². The number of hydrogen-bond donors (Lipinski definition) is 1. The van der Waals surface area contributed by atoms with Crippen molar-refractivity contribution < 1.29 is 0 Å². The van der Waals surface area contributed by atoms with Gasteiger partial charge in [0.05, 0.1) is 0 Å². The second-order valence-corrected chi connectivity index (χ2v) is 7.34. The lowest BCUT2D eigenvalue weighted by atomic mass is 9.75. The lowest BCUT2D eigenvalue weighted by Gasteiger charge is -2.40. The number of rotatable bonds is 2. The molecular formula is C18H28N2. The Kier molecular flexibility index (Phi) is 3.66. The van der Waals surface area contributed by atoms with E-state index in [9.17, 15) is 0 Å². The van der Waals surface area contributed by atoms with E-state index in [1.807, 2.05) is 0 Å². The van der Waals surface area contributed by atoms with Crippen LogP contribution in [0.3, 0.4) is 0 Å². The number of anilines is 2. The van der Waals surface area contributed by atoms with Gasteiger partial charge in [0.15, 0.2) is 0 Å². The summed E-state index contributed by atoms with van der Waals surface area (Å²) in [6, 6.07) is 7.47. The Morgan fingerprint density at radius 3 is 2.70 bits per heavy atom. The van der Waals surface area contributed by atoms with E-state index < -0.39 is 0 Å². The highest BCUT2D eigenvalue weighted by Gasteiger charge is 2.29. The molecule has 0 unspecified atom stereocenters. The lowest BCUT2D eigenvalue weighted by Crippen LogP contribution is -2.38. The molecule has 1 aliphatic carbocycles. The standard InChI is InChI=1S/C18H28N2/c1-18(2)11-9-14(10-12-18)20(3)17-8-4-7-16-15(17)6-5-13-19-16/h4,7-8,14,19H,5-6,9-13H2,1-3H3. The molecule has 110 valence electrons. The van der Waals surface area contributed by atoms with Crippen molar-refractivity contribution in [2.45, 2.75) is 58.4 Å². The number of hydrogen-bond acceptors (Lipinski definition) is 2. The van der Waals surface area contributed by atoms with Crippen molar-refractivity contribution in [1.82, 2.24) is 0 Å². The van der Waals surface area contributed by atoms with Gasteiger partial charge in [-0.1, -0.05) is 19.9 Å². The molecule has 0 amide bonds. The zero-order chi connectivity index (χ0) is 14.2. The minimum absolute atomic E-state index is 0.551. The molecule has 1 saturated carbocycles. The molecular weight excluding hydrogens is 244 g/mol. The normalized spacial score (nSPS) is 21.9. The van der Waals surface area contributed by atoms with Crippen molar-refractivity contribution in [3.8, 4) is 0 Å². The Bertz CT molecular complexity index is 468. The zero-order valence-corrected chi connectivity index (χ0v) is 13.2. The molecule has 0 radical (unpaired) electrons. The average molecular weight is 272 g/mol. The smallest absolute Gasteiger partial charge is 0.0419 e. The van der Waals surface area contributed by atoms with Crippen LogP contribution in [0.5, 0.6) is 0 Å². The van der Waals surface area contributed by atoms with E-state index >= 15 is 0 Å². The summed E-state index contributed by atoms with van der Waals surface area (Å²) in [7, 11) is 2.30. The van der Waals surface area contributed by atoms with Gasteiger partial charge < -0.3 is 10.2 Å². The van der Waals surface area contributed by atoms with Crippen molar-refractivity contribution >= 4 is 11.4 Å². The Morgan fingerprint density at radius 1 is 1.20 bits per heavy atom. The molecule has 1 heterocycles. The van der Waals surface area contributed by atoms with Gasteiger partial charge in [0.25, 0.3) is 0 Å². The Hall–Kier alpha value is -1.18. The van der Waals surface area contributed by atoms with Gasteiger partial charge in [-0.2, -0.15) is 0 Å². The summed E-state index contributed by atoms with van der Waals surface area (Å²) in [5.74, 6) is 0. The minimum atomic E-state index is 0.551. The predicted octanol–water partition coefficient (Wildman–Crippen LogP) is 4.45. The second kappa shape index (κ2) is 5.31. The maximum atomic E-state index is 3.55. The van der Waals surface area contributed by atoms with E-state index in [0.717, 1.165) is 12.6 Å². The third-order valence-corrected chi connectivity index (χ3v) is 5.31. The predicted molar refractivity (Wildman–Crippen MR) is 87.7 cm³/mol. The van der Waals surface area contributed by atoms with Gasteiger partial charge in [-0.3, -0.25) is 0 Å². The molecule has 2 nitrogen and oxygen atoms in total. The van der Waals surface area contributed by atoms with Gasteiger partial charge in [0.1, 0.15) is 0 Å². The summed E-state index contributed by atoms with van der Waals surface area (Å²) < 4.78 is 0. The van der Waals surface area contributed by atoms with Crippen molar-refractivity contribution in [2.24, 2.45) is 5.41 Å². The molecule has 1 aromatic rings. The van der Waals surface area contributed by atoms with Crippen LogP contribution >= 0.6 is 0 Å². The van der Waals surface area contributed by atoms with E-state index in [2.05, 4.69) is 49.3 Å². The van der Waals surface area contributed by atoms with Crippen molar-refractivity contribution in [2.75, 3.05) is 23.8 Å². The van der Waals surface area contributed by atoms with Crippen LogP contribution in [0.15, 0.2) is 18.2 Å². The number of fused-ring (bicyclic) bond motifs is 1. The molecule has 1 fully saturated rings. The van der Waals surface area contributed by atoms with Crippen molar-refractivity contribution in [3.63, 3.8) is 0 Å². The quantitative estimate of drug-likeness (QED) is 0.855. The molecule has 1 aliphatic heterocycles. The van der Waals surface area contributed by atoms with Gasteiger partial charge in [-0.15, -0.1) is 0 Å². The fourth-order valence-electron chi connectivity index (χ4n) is 3.79. The maximum absolute atomic E-state index is 3.55. The molecule has 20 heavy (non-hydrogen) atoms. The molecule has 3 rings (SSSR count). The molecule has 0 atom stereocenters. The van der Waals surface area contributed by atoms with Crippen LogP contribution in [0, 0.1) is 5.41 Å². The van der Waals surface area contributed by atoms with Gasteiger partial charge >= 0.3 is 0 Å². The molecule has 0 saturated heterocycles. The summed E-state index contributed by atoms with van der Waals surface area (Å²) in [5.41, 5.74) is 4.90. The zero-order valence-electron chi connectivity index (χ0n) is 13.2. The van der Waals surface area contributed by atoms with Gasteiger partial charge in [-0.25, -0.2) is 0 Å². The summed E-state index contributed by atoms with van der Waals surface area (Å²) in [4.78, 5) is 2.56. The first-order valence-electron chi connectivity index (χ1n) is 8.15. The number of nitrogens with one attached hydrogen (secondary N) is 1. The summed E-state index contributed by atoms with van der Waals surface area (Å²) >= 11 is 0. The molecule has 0 aromatic heterocycles. The van der Waals surface area contributed by atoms with Crippen LogP contribution in [0.4, 0.5) is 11.4 Å². The van der Waals surface area contributed by atoms with Crippen LogP contribution in [0.1, 0.15) is 51.5 Å². The fraction of sp³-hybridized carbons (Fsp3) is 0.667. The van der Waals surface area contributed by atoms with E-state index in [-0.39, 0.29) is 0 Å². The maximum Gasteiger partial charge on any atom is 0.0419 e. The fourth-order valence-corrected chi connectivity index (χ4v) is 3.79. The van der Waals surface area contributed by atoms with E-state index in [0.29, 0.717) is 5.41 Å². The third-order valence-electron chi connectivity index (χ3n) is 5.31.